The Labute approximate surface area is 151 Å². The van der Waals surface area contributed by atoms with Gasteiger partial charge in [0, 0.05) is 17.3 Å². The van der Waals surface area contributed by atoms with E-state index in [1.54, 1.807) is 12.1 Å². The van der Waals surface area contributed by atoms with Crippen LogP contribution in [0.15, 0.2) is 24.3 Å². The quantitative estimate of drug-likeness (QED) is 0.727. The highest BCUT2D eigenvalue weighted by Crippen LogP contribution is 2.65. The summed E-state index contributed by atoms with van der Waals surface area (Å²) in [7, 11) is 0. The van der Waals surface area contributed by atoms with E-state index in [1.807, 2.05) is 6.07 Å². The summed E-state index contributed by atoms with van der Waals surface area (Å²) in [4.78, 5) is 12.5. The van der Waals surface area contributed by atoms with Crippen molar-refractivity contribution in [1.82, 2.24) is 5.32 Å². The molecule has 130 valence electrons. The standard InChI is InChI=1S/C20H25BrFNO/c21-20-10-14-7-15(11-20)9-19(8-14,13-20)12-18(24)23-6-5-16-3-1-2-4-17(16)22/h1-4,14-15H,5-13H2,(H,23,24). The van der Waals surface area contributed by atoms with E-state index in [-0.39, 0.29) is 17.1 Å². The van der Waals surface area contributed by atoms with E-state index in [1.165, 1.54) is 38.2 Å². The minimum atomic E-state index is -0.186. The van der Waals surface area contributed by atoms with Gasteiger partial charge in [-0.15, -0.1) is 0 Å². The van der Waals surface area contributed by atoms with Crippen LogP contribution in [0.5, 0.6) is 0 Å². The lowest BCUT2D eigenvalue weighted by Crippen LogP contribution is -2.54. The minimum absolute atomic E-state index is 0.143. The second-order valence-electron chi connectivity index (χ2n) is 8.48. The molecule has 0 aliphatic heterocycles. The fourth-order valence-electron chi connectivity index (χ4n) is 5.98. The van der Waals surface area contributed by atoms with Gasteiger partial charge in [-0.1, -0.05) is 34.1 Å². The number of carbonyl (C=O) groups excluding carboxylic acids is 1. The molecule has 1 N–H and O–H groups in total. The smallest absolute Gasteiger partial charge is 0.220 e. The first-order valence-corrected chi connectivity index (χ1v) is 9.94. The van der Waals surface area contributed by atoms with Crippen molar-refractivity contribution in [2.24, 2.45) is 17.3 Å². The number of alkyl halides is 1. The molecule has 0 spiro atoms. The van der Waals surface area contributed by atoms with Crippen LogP contribution in [0.2, 0.25) is 0 Å². The Bertz CT molecular complexity index is 632. The van der Waals surface area contributed by atoms with Crippen LogP contribution in [0.25, 0.3) is 0 Å². The lowest BCUT2D eigenvalue weighted by atomic mass is 9.48. The molecule has 24 heavy (non-hydrogen) atoms. The number of hydrogen-bond donors (Lipinski definition) is 1. The molecule has 4 aliphatic rings. The van der Waals surface area contributed by atoms with Crippen molar-refractivity contribution in [1.29, 1.82) is 0 Å². The van der Waals surface area contributed by atoms with E-state index in [2.05, 4.69) is 21.2 Å². The maximum absolute atomic E-state index is 13.6. The SMILES string of the molecule is O=C(CC12CC3CC(CC(Br)(C3)C1)C2)NCCc1ccccc1F. The Kier molecular flexibility index (Phi) is 4.22. The number of hydrogen-bond acceptors (Lipinski definition) is 1. The third-order valence-corrected chi connectivity index (χ3v) is 7.25. The molecular weight excluding hydrogens is 369 g/mol. The van der Waals surface area contributed by atoms with E-state index in [9.17, 15) is 9.18 Å². The van der Waals surface area contributed by atoms with Crippen molar-refractivity contribution < 1.29 is 9.18 Å². The zero-order chi connectivity index (χ0) is 16.8. The Morgan fingerprint density at radius 1 is 1.21 bits per heavy atom. The largest absolute Gasteiger partial charge is 0.356 e. The molecule has 1 amide bonds. The first-order valence-electron chi connectivity index (χ1n) is 9.14. The highest BCUT2D eigenvalue weighted by atomic mass is 79.9. The van der Waals surface area contributed by atoms with Gasteiger partial charge in [-0.25, -0.2) is 4.39 Å². The van der Waals surface area contributed by atoms with Crippen LogP contribution in [0.3, 0.4) is 0 Å². The maximum atomic E-state index is 13.6. The number of rotatable bonds is 5. The number of amides is 1. The van der Waals surface area contributed by atoms with Crippen molar-refractivity contribution in [3.63, 3.8) is 0 Å². The molecule has 4 heteroatoms. The Hall–Kier alpha value is -0.900. The summed E-state index contributed by atoms with van der Waals surface area (Å²) in [5.74, 6) is 1.56. The first kappa shape index (κ1) is 16.6. The molecule has 0 aromatic heterocycles. The molecule has 4 saturated carbocycles. The van der Waals surface area contributed by atoms with Gasteiger partial charge in [-0.3, -0.25) is 4.79 Å². The highest BCUT2D eigenvalue weighted by Gasteiger charge is 2.57. The van der Waals surface area contributed by atoms with Gasteiger partial charge in [-0.05, 0) is 73.8 Å². The van der Waals surface area contributed by atoms with Crippen LogP contribution in [0.1, 0.15) is 50.5 Å². The van der Waals surface area contributed by atoms with E-state index in [0.717, 1.165) is 18.3 Å². The Morgan fingerprint density at radius 3 is 2.58 bits per heavy atom. The summed E-state index contributed by atoms with van der Waals surface area (Å²) in [6, 6.07) is 6.79. The molecular formula is C20H25BrFNO. The molecule has 1 aromatic rings. The van der Waals surface area contributed by atoms with Crippen molar-refractivity contribution in [2.45, 2.75) is 55.7 Å². The van der Waals surface area contributed by atoms with Gasteiger partial charge in [0.05, 0.1) is 0 Å². The van der Waals surface area contributed by atoms with Crippen molar-refractivity contribution in [3.05, 3.63) is 35.6 Å². The molecule has 0 heterocycles. The molecule has 2 unspecified atom stereocenters. The van der Waals surface area contributed by atoms with Gasteiger partial charge >= 0.3 is 0 Å². The highest BCUT2D eigenvalue weighted by molar-refractivity contribution is 9.10. The molecule has 5 rings (SSSR count). The fraction of sp³-hybridized carbons (Fsp3) is 0.650. The van der Waals surface area contributed by atoms with Gasteiger partial charge in [0.1, 0.15) is 5.82 Å². The van der Waals surface area contributed by atoms with Crippen LogP contribution in [0, 0.1) is 23.1 Å². The normalized spacial score (nSPS) is 36.8. The number of carbonyl (C=O) groups is 1. The molecule has 4 aliphatic carbocycles. The topological polar surface area (TPSA) is 29.1 Å². The number of benzene rings is 1. The van der Waals surface area contributed by atoms with Crippen LogP contribution < -0.4 is 5.32 Å². The first-order chi connectivity index (χ1) is 11.5. The van der Waals surface area contributed by atoms with E-state index in [4.69, 9.17) is 0 Å². The van der Waals surface area contributed by atoms with Crippen molar-refractivity contribution in [2.75, 3.05) is 6.54 Å². The minimum Gasteiger partial charge on any atom is -0.356 e. The second kappa shape index (κ2) is 6.12. The lowest BCUT2D eigenvalue weighted by Gasteiger charge is -2.60. The monoisotopic (exact) mass is 393 g/mol. The average Bonchev–Trinajstić information content (AvgIpc) is 2.46. The van der Waals surface area contributed by atoms with Crippen LogP contribution in [-0.4, -0.2) is 16.8 Å². The third-order valence-electron chi connectivity index (χ3n) is 6.32. The zero-order valence-electron chi connectivity index (χ0n) is 14.0. The van der Waals surface area contributed by atoms with Crippen LogP contribution >= 0.6 is 15.9 Å². The zero-order valence-corrected chi connectivity index (χ0v) is 15.6. The van der Waals surface area contributed by atoms with E-state index < -0.39 is 0 Å². The summed E-state index contributed by atoms with van der Waals surface area (Å²) in [6.07, 6.45) is 8.73. The predicted octanol–water partition coefficient (Wildman–Crippen LogP) is 4.61. The number of nitrogens with one attached hydrogen (secondary N) is 1. The van der Waals surface area contributed by atoms with Gasteiger partial charge in [0.2, 0.25) is 5.91 Å². The van der Waals surface area contributed by atoms with Gasteiger partial charge < -0.3 is 5.32 Å². The molecule has 2 atom stereocenters. The average molecular weight is 394 g/mol. The van der Waals surface area contributed by atoms with Crippen molar-refractivity contribution >= 4 is 21.8 Å². The number of halogens is 2. The molecule has 0 saturated heterocycles. The predicted molar refractivity (Wildman–Crippen MR) is 96.5 cm³/mol. The van der Waals surface area contributed by atoms with E-state index >= 15 is 0 Å². The van der Waals surface area contributed by atoms with Crippen LogP contribution in [0.4, 0.5) is 4.39 Å². The molecule has 4 bridgehead atoms. The third kappa shape index (κ3) is 3.26. The molecule has 4 fully saturated rings. The maximum Gasteiger partial charge on any atom is 0.220 e. The van der Waals surface area contributed by atoms with E-state index in [0.29, 0.717) is 29.3 Å². The summed E-state index contributed by atoms with van der Waals surface area (Å²) < 4.78 is 13.9. The van der Waals surface area contributed by atoms with Gasteiger partial charge in [0.15, 0.2) is 0 Å². The van der Waals surface area contributed by atoms with Gasteiger partial charge in [0.25, 0.3) is 0 Å². The van der Waals surface area contributed by atoms with Crippen LogP contribution in [-0.2, 0) is 11.2 Å². The molecule has 1 aromatic carbocycles. The molecule has 2 nitrogen and oxygen atoms in total. The second-order valence-corrected chi connectivity index (χ2v) is 10.2. The summed E-state index contributed by atoms with van der Waals surface area (Å²) in [5, 5.41) is 3.02. The summed E-state index contributed by atoms with van der Waals surface area (Å²) in [5.41, 5.74) is 0.877. The summed E-state index contributed by atoms with van der Waals surface area (Å²) in [6.45, 7) is 0.516. The lowest BCUT2D eigenvalue weighted by molar-refractivity contribution is -0.128. The Morgan fingerprint density at radius 2 is 1.92 bits per heavy atom. The van der Waals surface area contributed by atoms with Gasteiger partial charge in [-0.2, -0.15) is 0 Å². The fourth-order valence-corrected chi connectivity index (χ4v) is 7.49. The van der Waals surface area contributed by atoms with Crippen molar-refractivity contribution in [3.8, 4) is 0 Å². The Balaban J connectivity index is 1.33. The summed E-state index contributed by atoms with van der Waals surface area (Å²) >= 11 is 4.00. The molecule has 0 radical (unpaired) electrons.